The first-order valence-corrected chi connectivity index (χ1v) is 7.42. The van der Waals surface area contributed by atoms with Crippen molar-refractivity contribution in [1.82, 2.24) is 10.3 Å². The van der Waals surface area contributed by atoms with Gasteiger partial charge in [0.15, 0.2) is 9.84 Å². The minimum absolute atomic E-state index is 0.240. The van der Waals surface area contributed by atoms with Crippen molar-refractivity contribution in [1.29, 1.82) is 0 Å². The van der Waals surface area contributed by atoms with E-state index in [1.54, 1.807) is 18.3 Å². The van der Waals surface area contributed by atoms with Crippen LogP contribution in [0.3, 0.4) is 0 Å². The molecule has 17 heavy (non-hydrogen) atoms. The molecule has 96 valence electrons. The highest BCUT2D eigenvalue weighted by atomic mass is 32.2. The van der Waals surface area contributed by atoms with Crippen LogP contribution in [0.15, 0.2) is 23.2 Å². The van der Waals surface area contributed by atoms with Crippen molar-refractivity contribution in [3.63, 3.8) is 0 Å². The fraction of sp³-hybridized carbons (Fsp3) is 0.545. The zero-order valence-corrected chi connectivity index (χ0v) is 11.2. The Bertz CT molecular complexity index is 458. The lowest BCUT2D eigenvalue weighted by molar-refractivity contribution is 0.598. The van der Waals surface area contributed by atoms with Gasteiger partial charge >= 0.3 is 0 Å². The number of anilines is 1. The number of nitrogens with one attached hydrogen (secondary N) is 2. The molecule has 0 aromatic carbocycles. The Kier molecular flexibility index (Phi) is 4.89. The molecule has 0 amide bonds. The predicted molar refractivity (Wildman–Crippen MR) is 69.0 cm³/mol. The number of aromatic nitrogens is 1. The van der Waals surface area contributed by atoms with E-state index in [9.17, 15) is 8.42 Å². The van der Waals surface area contributed by atoms with E-state index >= 15 is 0 Å². The number of rotatable bonds is 6. The minimum atomic E-state index is -3.23. The first kappa shape index (κ1) is 13.9. The van der Waals surface area contributed by atoms with Crippen LogP contribution >= 0.6 is 0 Å². The maximum atomic E-state index is 11.5. The number of sulfone groups is 1. The Morgan fingerprint density at radius 1 is 1.35 bits per heavy atom. The molecule has 6 heteroatoms. The summed E-state index contributed by atoms with van der Waals surface area (Å²) in [6, 6.07) is 3.59. The monoisotopic (exact) mass is 257 g/mol. The lowest BCUT2D eigenvalue weighted by atomic mass is 10.4. The van der Waals surface area contributed by atoms with Crippen LogP contribution in [0.25, 0.3) is 0 Å². The van der Waals surface area contributed by atoms with Crippen LogP contribution in [0, 0.1) is 0 Å². The fourth-order valence-electron chi connectivity index (χ4n) is 1.36. The summed E-state index contributed by atoms with van der Waals surface area (Å²) in [6.07, 6.45) is 2.76. The van der Waals surface area contributed by atoms with Crippen LogP contribution in [-0.4, -0.2) is 38.8 Å². The molecular weight excluding hydrogens is 238 g/mol. The molecule has 1 aromatic rings. The SMILES string of the molecule is CC(C)NCCNc1ncccc1S(C)(=O)=O. The van der Waals surface area contributed by atoms with Gasteiger partial charge in [-0.2, -0.15) is 0 Å². The average molecular weight is 257 g/mol. The van der Waals surface area contributed by atoms with Crippen molar-refractivity contribution >= 4 is 15.7 Å². The van der Waals surface area contributed by atoms with Crippen molar-refractivity contribution in [2.24, 2.45) is 0 Å². The summed E-state index contributed by atoms with van der Waals surface area (Å²) in [6.45, 7) is 5.51. The molecule has 0 saturated heterocycles. The average Bonchev–Trinajstić information content (AvgIpc) is 2.23. The van der Waals surface area contributed by atoms with Gasteiger partial charge in [0.25, 0.3) is 0 Å². The smallest absolute Gasteiger partial charge is 0.179 e. The van der Waals surface area contributed by atoms with Crippen molar-refractivity contribution in [3.05, 3.63) is 18.3 Å². The van der Waals surface area contributed by atoms with E-state index < -0.39 is 9.84 Å². The molecule has 2 N–H and O–H groups in total. The molecule has 0 aliphatic heterocycles. The second-order valence-corrected chi connectivity index (χ2v) is 6.14. The Morgan fingerprint density at radius 2 is 2.06 bits per heavy atom. The highest BCUT2D eigenvalue weighted by Gasteiger charge is 2.13. The van der Waals surface area contributed by atoms with Gasteiger partial charge in [-0.1, -0.05) is 13.8 Å². The molecule has 0 radical (unpaired) electrons. The molecule has 0 unspecified atom stereocenters. The third-order valence-corrected chi connectivity index (χ3v) is 3.27. The quantitative estimate of drug-likeness (QED) is 0.741. The van der Waals surface area contributed by atoms with Crippen molar-refractivity contribution in [2.75, 3.05) is 24.7 Å². The van der Waals surface area contributed by atoms with E-state index in [0.717, 1.165) is 6.54 Å². The zero-order valence-electron chi connectivity index (χ0n) is 10.4. The Labute approximate surface area is 103 Å². The van der Waals surface area contributed by atoms with Gasteiger partial charge < -0.3 is 10.6 Å². The first-order chi connectivity index (χ1) is 7.91. The van der Waals surface area contributed by atoms with Crippen LogP contribution in [-0.2, 0) is 9.84 Å². The third kappa shape index (κ3) is 4.70. The van der Waals surface area contributed by atoms with E-state index in [1.807, 2.05) is 0 Å². The van der Waals surface area contributed by atoms with Gasteiger partial charge in [0, 0.05) is 31.6 Å². The molecule has 0 atom stereocenters. The van der Waals surface area contributed by atoms with Crippen LogP contribution in [0.1, 0.15) is 13.8 Å². The standard InChI is InChI=1S/C11H19N3O2S/c1-9(2)12-7-8-14-11-10(17(3,15)16)5-4-6-13-11/h4-6,9,12H,7-8H2,1-3H3,(H,13,14). The highest BCUT2D eigenvalue weighted by Crippen LogP contribution is 2.16. The molecule has 0 spiro atoms. The van der Waals surface area contributed by atoms with Gasteiger partial charge in [-0.25, -0.2) is 13.4 Å². The summed E-state index contributed by atoms with van der Waals surface area (Å²) >= 11 is 0. The third-order valence-electron chi connectivity index (χ3n) is 2.14. The van der Waals surface area contributed by atoms with Crippen LogP contribution in [0.2, 0.25) is 0 Å². The van der Waals surface area contributed by atoms with Gasteiger partial charge in [-0.3, -0.25) is 0 Å². The molecule has 0 fully saturated rings. The van der Waals surface area contributed by atoms with E-state index in [0.29, 0.717) is 18.4 Å². The summed E-state index contributed by atoms with van der Waals surface area (Å²) in [7, 11) is -3.23. The summed E-state index contributed by atoms with van der Waals surface area (Å²) in [5.41, 5.74) is 0. The lowest BCUT2D eigenvalue weighted by Gasteiger charge is -2.11. The Hall–Kier alpha value is -1.14. The van der Waals surface area contributed by atoms with Gasteiger partial charge in [0.2, 0.25) is 0 Å². The van der Waals surface area contributed by atoms with E-state index in [2.05, 4.69) is 29.5 Å². The molecule has 1 heterocycles. The number of nitrogens with zero attached hydrogens (tertiary/aromatic N) is 1. The van der Waals surface area contributed by atoms with Crippen molar-refractivity contribution in [3.8, 4) is 0 Å². The molecule has 0 saturated carbocycles. The van der Waals surface area contributed by atoms with E-state index in [4.69, 9.17) is 0 Å². The van der Waals surface area contributed by atoms with Crippen LogP contribution < -0.4 is 10.6 Å². The summed E-state index contributed by atoms with van der Waals surface area (Å²) in [4.78, 5) is 4.28. The van der Waals surface area contributed by atoms with E-state index in [1.165, 1.54) is 6.26 Å². The maximum absolute atomic E-state index is 11.5. The molecular formula is C11H19N3O2S. The number of pyridine rings is 1. The minimum Gasteiger partial charge on any atom is -0.368 e. The second kappa shape index (κ2) is 5.97. The summed E-state index contributed by atoms with van der Waals surface area (Å²) < 4.78 is 23.0. The molecule has 0 aliphatic rings. The maximum Gasteiger partial charge on any atom is 0.179 e. The van der Waals surface area contributed by atoms with Crippen LogP contribution in [0.5, 0.6) is 0 Å². The van der Waals surface area contributed by atoms with E-state index in [-0.39, 0.29) is 4.90 Å². The topological polar surface area (TPSA) is 71.1 Å². The molecule has 0 bridgehead atoms. The molecule has 1 aromatic heterocycles. The van der Waals surface area contributed by atoms with Gasteiger partial charge in [0.05, 0.1) is 0 Å². The summed E-state index contributed by atoms with van der Waals surface area (Å²) in [5, 5.41) is 6.26. The number of hydrogen-bond donors (Lipinski definition) is 2. The molecule has 5 nitrogen and oxygen atoms in total. The predicted octanol–water partition coefficient (Wildman–Crippen LogP) is 0.895. The largest absolute Gasteiger partial charge is 0.368 e. The number of hydrogen-bond acceptors (Lipinski definition) is 5. The summed E-state index contributed by atoms with van der Waals surface area (Å²) in [5.74, 6) is 0.417. The van der Waals surface area contributed by atoms with Crippen LogP contribution in [0.4, 0.5) is 5.82 Å². The Balaban J connectivity index is 2.65. The van der Waals surface area contributed by atoms with Gasteiger partial charge in [-0.05, 0) is 12.1 Å². The molecule has 1 rings (SSSR count). The lowest BCUT2D eigenvalue weighted by Crippen LogP contribution is -2.28. The zero-order chi connectivity index (χ0) is 12.9. The molecule has 0 aliphatic carbocycles. The normalized spacial score (nSPS) is 11.8. The fourth-order valence-corrected chi connectivity index (χ4v) is 2.17. The first-order valence-electron chi connectivity index (χ1n) is 5.53. The highest BCUT2D eigenvalue weighted by molar-refractivity contribution is 7.90. The van der Waals surface area contributed by atoms with Crippen molar-refractivity contribution < 1.29 is 8.42 Å². The Morgan fingerprint density at radius 3 is 2.65 bits per heavy atom. The van der Waals surface area contributed by atoms with Crippen molar-refractivity contribution in [2.45, 2.75) is 24.8 Å². The van der Waals surface area contributed by atoms with Gasteiger partial charge in [0.1, 0.15) is 10.7 Å². The van der Waals surface area contributed by atoms with Gasteiger partial charge in [-0.15, -0.1) is 0 Å². The second-order valence-electron chi connectivity index (χ2n) is 4.16.